The number of non-ortho nitro benzene ring substituents is 1. The van der Waals surface area contributed by atoms with Gasteiger partial charge in [0.15, 0.2) is 0 Å². The molecule has 0 aliphatic heterocycles. The molecule has 8 nitrogen and oxygen atoms in total. The second-order valence-corrected chi connectivity index (χ2v) is 8.08. The van der Waals surface area contributed by atoms with Gasteiger partial charge in [-0.15, -0.1) is 0 Å². The third-order valence-corrected chi connectivity index (χ3v) is 5.75. The molecule has 0 heterocycles. The van der Waals surface area contributed by atoms with Crippen molar-refractivity contribution in [2.45, 2.75) is 18.7 Å². The average molecular weight is 377 g/mol. The van der Waals surface area contributed by atoms with Gasteiger partial charge in [-0.2, -0.15) is 0 Å². The third-order valence-electron chi connectivity index (χ3n) is 3.96. The van der Waals surface area contributed by atoms with E-state index in [-0.39, 0.29) is 21.9 Å². The van der Waals surface area contributed by atoms with Gasteiger partial charge in [0.1, 0.15) is 5.75 Å². The molecule has 0 aromatic heterocycles. The van der Waals surface area contributed by atoms with Crippen molar-refractivity contribution in [3.63, 3.8) is 0 Å². The van der Waals surface area contributed by atoms with E-state index in [1.54, 1.807) is 19.9 Å². The van der Waals surface area contributed by atoms with Gasteiger partial charge in [0.25, 0.3) is 5.69 Å². The molecular weight excluding hydrogens is 358 g/mol. The standard InChI is InChI=1S/C17H19N3O5S/c1-11-7-15(26(24,25)19(3)4)9-16(12(11)2)18-10-13-8-14(20(22)23)5-6-17(13)21/h5-10,21H,1-4H3. The Hall–Kier alpha value is -2.78. The number of nitro groups is 1. The van der Waals surface area contributed by atoms with E-state index < -0.39 is 14.9 Å². The van der Waals surface area contributed by atoms with Crippen LogP contribution in [0, 0.1) is 24.0 Å². The molecule has 26 heavy (non-hydrogen) atoms. The lowest BCUT2D eigenvalue weighted by atomic mass is 10.1. The number of nitrogens with zero attached hydrogens (tertiary/aromatic N) is 3. The minimum absolute atomic E-state index is 0.0982. The van der Waals surface area contributed by atoms with Crippen molar-refractivity contribution in [3.8, 4) is 5.75 Å². The summed E-state index contributed by atoms with van der Waals surface area (Å²) in [7, 11) is -0.749. The average Bonchev–Trinajstić information content (AvgIpc) is 2.56. The van der Waals surface area contributed by atoms with E-state index in [2.05, 4.69) is 4.99 Å². The fourth-order valence-corrected chi connectivity index (χ4v) is 3.21. The lowest BCUT2D eigenvalue weighted by molar-refractivity contribution is -0.384. The van der Waals surface area contributed by atoms with Crippen LogP contribution in [0.1, 0.15) is 16.7 Å². The van der Waals surface area contributed by atoms with E-state index in [1.165, 1.54) is 44.6 Å². The number of aryl methyl sites for hydroxylation is 1. The summed E-state index contributed by atoms with van der Waals surface area (Å²) in [5.74, 6) is -0.161. The fourth-order valence-electron chi connectivity index (χ4n) is 2.20. The van der Waals surface area contributed by atoms with Crippen molar-refractivity contribution in [2.24, 2.45) is 4.99 Å². The SMILES string of the molecule is Cc1cc(S(=O)(=O)N(C)C)cc(N=Cc2cc([N+](=O)[O-])ccc2O)c1C. The first-order valence-corrected chi connectivity index (χ1v) is 9.03. The Bertz CT molecular complexity index is 998. The van der Waals surface area contributed by atoms with E-state index in [9.17, 15) is 23.6 Å². The van der Waals surface area contributed by atoms with Crippen LogP contribution in [-0.4, -0.2) is 43.1 Å². The molecule has 0 saturated heterocycles. The lowest BCUT2D eigenvalue weighted by Crippen LogP contribution is -2.22. The summed E-state index contributed by atoms with van der Waals surface area (Å²) in [4.78, 5) is 14.6. The van der Waals surface area contributed by atoms with Gasteiger partial charge in [-0.1, -0.05) is 0 Å². The second-order valence-electron chi connectivity index (χ2n) is 5.93. The van der Waals surface area contributed by atoms with Crippen LogP contribution < -0.4 is 0 Å². The summed E-state index contributed by atoms with van der Waals surface area (Å²) in [6.45, 7) is 3.56. The topological polar surface area (TPSA) is 113 Å². The molecule has 0 radical (unpaired) electrons. The smallest absolute Gasteiger partial charge is 0.270 e. The number of aliphatic imine (C=N–C) groups is 1. The van der Waals surface area contributed by atoms with Gasteiger partial charge in [-0.25, -0.2) is 12.7 Å². The summed E-state index contributed by atoms with van der Waals surface area (Å²) in [6, 6.07) is 6.59. The Kier molecular flexibility index (Phi) is 5.43. The Morgan fingerprint density at radius 1 is 1.19 bits per heavy atom. The monoisotopic (exact) mass is 377 g/mol. The minimum Gasteiger partial charge on any atom is -0.507 e. The van der Waals surface area contributed by atoms with E-state index in [1.807, 2.05) is 0 Å². The number of sulfonamides is 1. The Balaban J connectivity index is 2.53. The number of hydrogen-bond acceptors (Lipinski definition) is 6. The summed E-state index contributed by atoms with van der Waals surface area (Å²) >= 11 is 0. The van der Waals surface area contributed by atoms with Crippen molar-refractivity contribution < 1.29 is 18.4 Å². The third kappa shape index (κ3) is 3.89. The molecule has 138 valence electrons. The molecule has 1 N–H and O–H groups in total. The van der Waals surface area contributed by atoms with E-state index in [0.717, 1.165) is 15.4 Å². The van der Waals surface area contributed by atoms with Crippen molar-refractivity contribution in [3.05, 3.63) is 57.1 Å². The molecule has 0 spiro atoms. The molecule has 0 unspecified atom stereocenters. The van der Waals surface area contributed by atoms with Gasteiger partial charge in [0.2, 0.25) is 10.0 Å². The summed E-state index contributed by atoms with van der Waals surface area (Å²) in [6.07, 6.45) is 1.27. The van der Waals surface area contributed by atoms with Gasteiger partial charge in [-0.3, -0.25) is 15.1 Å². The fraction of sp³-hybridized carbons (Fsp3) is 0.235. The molecule has 0 aliphatic rings. The van der Waals surface area contributed by atoms with E-state index >= 15 is 0 Å². The highest BCUT2D eigenvalue weighted by molar-refractivity contribution is 7.89. The van der Waals surface area contributed by atoms with Crippen LogP contribution >= 0.6 is 0 Å². The van der Waals surface area contributed by atoms with Crippen molar-refractivity contribution >= 4 is 27.6 Å². The molecule has 2 rings (SSSR count). The van der Waals surface area contributed by atoms with Gasteiger partial charge in [0, 0.05) is 38.0 Å². The highest BCUT2D eigenvalue weighted by Crippen LogP contribution is 2.28. The van der Waals surface area contributed by atoms with Crippen LogP contribution in [0.15, 0.2) is 40.2 Å². The molecule has 0 saturated carbocycles. The normalized spacial score (nSPS) is 12.0. The predicted molar refractivity (Wildman–Crippen MR) is 98.8 cm³/mol. The largest absolute Gasteiger partial charge is 0.507 e. The summed E-state index contributed by atoms with van der Waals surface area (Å²) < 4.78 is 25.8. The van der Waals surface area contributed by atoms with E-state index in [0.29, 0.717) is 5.69 Å². The lowest BCUT2D eigenvalue weighted by Gasteiger charge is -2.14. The molecule has 9 heteroatoms. The van der Waals surface area contributed by atoms with Crippen LogP contribution in [0.4, 0.5) is 11.4 Å². The first kappa shape index (κ1) is 19.5. The summed E-state index contributed by atoms with van der Waals surface area (Å²) in [5, 5.41) is 20.7. The molecular formula is C17H19N3O5S. The molecule has 2 aromatic rings. The first-order valence-electron chi connectivity index (χ1n) is 7.59. The molecule has 2 aromatic carbocycles. The van der Waals surface area contributed by atoms with Crippen molar-refractivity contribution in [1.29, 1.82) is 0 Å². The molecule has 0 bridgehead atoms. The zero-order valence-corrected chi connectivity index (χ0v) is 15.6. The van der Waals surface area contributed by atoms with E-state index in [4.69, 9.17) is 0 Å². The maximum Gasteiger partial charge on any atom is 0.270 e. The predicted octanol–water partition coefficient (Wildman–Crippen LogP) is 2.92. The number of aromatic hydroxyl groups is 1. The zero-order valence-electron chi connectivity index (χ0n) is 14.8. The van der Waals surface area contributed by atoms with Crippen molar-refractivity contribution in [2.75, 3.05) is 14.1 Å². The van der Waals surface area contributed by atoms with Crippen LogP contribution in [0.2, 0.25) is 0 Å². The van der Waals surface area contributed by atoms with Crippen LogP contribution in [0.3, 0.4) is 0 Å². The number of phenols is 1. The Morgan fingerprint density at radius 3 is 2.42 bits per heavy atom. The number of phenolic OH excluding ortho intramolecular Hbond substituents is 1. The highest BCUT2D eigenvalue weighted by atomic mass is 32.2. The van der Waals surface area contributed by atoms with Crippen LogP contribution in [-0.2, 0) is 10.0 Å². The van der Waals surface area contributed by atoms with Gasteiger partial charge >= 0.3 is 0 Å². The number of nitro benzene ring substituents is 1. The van der Waals surface area contributed by atoms with Crippen LogP contribution in [0.25, 0.3) is 0 Å². The van der Waals surface area contributed by atoms with Crippen molar-refractivity contribution in [1.82, 2.24) is 4.31 Å². The minimum atomic E-state index is -3.63. The van der Waals surface area contributed by atoms with Gasteiger partial charge in [0.05, 0.1) is 15.5 Å². The highest BCUT2D eigenvalue weighted by Gasteiger charge is 2.19. The Morgan fingerprint density at radius 2 is 1.85 bits per heavy atom. The molecule has 0 amide bonds. The number of hydrogen-bond donors (Lipinski definition) is 1. The molecule has 0 atom stereocenters. The number of rotatable bonds is 5. The Labute approximate surface area is 151 Å². The molecule has 0 aliphatic carbocycles. The van der Waals surface area contributed by atoms with Crippen LogP contribution in [0.5, 0.6) is 5.75 Å². The maximum atomic E-state index is 12.4. The second kappa shape index (κ2) is 7.22. The first-order chi connectivity index (χ1) is 12.0. The zero-order chi connectivity index (χ0) is 19.6. The molecule has 0 fully saturated rings. The van der Waals surface area contributed by atoms with Gasteiger partial charge < -0.3 is 5.11 Å². The quantitative estimate of drug-likeness (QED) is 0.489. The maximum absolute atomic E-state index is 12.4. The number of benzene rings is 2. The summed E-state index contributed by atoms with van der Waals surface area (Å²) in [5.41, 5.74) is 1.89. The van der Waals surface area contributed by atoms with Gasteiger partial charge in [-0.05, 0) is 43.2 Å².